The minimum atomic E-state index is -5.16. The Morgan fingerprint density at radius 3 is 1.41 bits per heavy atom. The average Bonchev–Trinajstić information content (AvgIpc) is 3.21. The number of phosphoric ester groups is 1. The zero-order chi connectivity index (χ0) is 43.6. The van der Waals surface area contributed by atoms with Crippen molar-refractivity contribution in [2.75, 3.05) is 13.2 Å². The molecule has 6 atom stereocenters. The maximum atomic E-state index is 12.8. The molecule has 0 aromatic heterocycles. The quantitative estimate of drug-likeness (QED) is 0.0176. The molecule has 0 aromatic carbocycles. The van der Waals surface area contributed by atoms with E-state index in [0.29, 0.717) is 12.8 Å². The number of carbonyl (C=O) groups excluding carboxylic acids is 2. The van der Waals surface area contributed by atoms with Gasteiger partial charge in [0.05, 0.1) is 13.0 Å². The van der Waals surface area contributed by atoms with Crippen molar-refractivity contribution >= 4 is 19.8 Å². The molecular formula is C45H69O13P. The molecule has 0 aromatic rings. The molecule has 1 rings (SSSR count). The SMILES string of the molecule is CC/C=C\C/C=C\C/C=C\C/C=C\C/C=C\CC(=O)OC(COC(=O)CCCC/C=C\C/C=C\C/C=C\C/C=C\CC)COP(=O)(O)OC1C(O)C(O)C(O)C(O)C1O. The summed E-state index contributed by atoms with van der Waals surface area (Å²) in [5.74, 6) is -1.31. The summed E-state index contributed by atoms with van der Waals surface area (Å²) in [6, 6.07) is 0. The van der Waals surface area contributed by atoms with E-state index in [4.69, 9.17) is 18.5 Å². The monoisotopic (exact) mass is 848 g/mol. The Labute approximate surface area is 351 Å². The lowest BCUT2D eigenvalue weighted by Gasteiger charge is -2.41. The van der Waals surface area contributed by atoms with E-state index >= 15 is 0 Å². The van der Waals surface area contributed by atoms with Gasteiger partial charge >= 0.3 is 19.8 Å². The summed E-state index contributed by atoms with van der Waals surface area (Å²) in [6.45, 7) is 2.91. The van der Waals surface area contributed by atoms with Crippen LogP contribution in [0, 0.1) is 0 Å². The highest BCUT2D eigenvalue weighted by molar-refractivity contribution is 7.47. The summed E-state index contributed by atoms with van der Waals surface area (Å²) < 4.78 is 33.2. The number of carbonyl (C=O) groups is 2. The number of aliphatic hydroxyl groups excluding tert-OH is 5. The maximum absolute atomic E-state index is 12.8. The van der Waals surface area contributed by atoms with Crippen LogP contribution >= 0.6 is 7.82 Å². The van der Waals surface area contributed by atoms with Gasteiger partial charge in [-0.2, -0.15) is 0 Å². The summed E-state index contributed by atoms with van der Waals surface area (Å²) in [6.07, 6.45) is 33.3. The number of esters is 2. The van der Waals surface area contributed by atoms with E-state index in [1.54, 1.807) is 12.2 Å². The van der Waals surface area contributed by atoms with Crippen LogP contribution in [-0.4, -0.2) is 98.3 Å². The molecule has 0 heterocycles. The van der Waals surface area contributed by atoms with Crippen LogP contribution in [0.4, 0.5) is 0 Å². The van der Waals surface area contributed by atoms with Crippen molar-refractivity contribution in [1.82, 2.24) is 0 Å². The molecule has 1 aliphatic rings. The molecule has 1 saturated carbocycles. The number of phosphoric acid groups is 1. The maximum Gasteiger partial charge on any atom is 0.472 e. The molecule has 59 heavy (non-hydrogen) atoms. The van der Waals surface area contributed by atoms with Crippen LogP contribution < -0.4 is 0 Å². The van der Waals surface area contributed by atoms with E-state index in [1.807, 2.05) is 12.2 Å². The highest BCUT2D eigenvalue weighted by Gasteiger charge is 2.51. The first-order chi connectivity index (χ1) is 28.4. The Balaban J connectivity index is 2.62. The Morgan fingerprint density at radius 1 is 0.542 bits per heavy atom. The second-order valence-electron chi connectivity index (χ2n) is 13.7. The first-order valence-electron chi connectivity index (χ1n) is 20.7. The zero-order valence-electron chi connectivity index (χ0n) is 34.7. The molecule has 332 valence electrons. The number of allylic oxidation sites excluding steroid dienone is 17. The fourth-order valence-electron chi connectivity index (χ4n) is 5.35. The number of rotatable bonds is 31. The van der Waals surface area contributed by atoms with Crippen molar-refractivity contribution in [1.29, 1.82) is 0 Å². The molecule has 0 spiro atoms. The molecule has 13 nitrogen and oxygen atoms in total. The van der Waals surface area contributed by atoms with Crippen molar-refractivity contribution in [3.8, 4) is 0 Å². The Hall–Kier alpha value is -3.49. The molecule has 6 unspecified atom stereocenters. The lowest BCUT2D eigenvalue weighted by atomic mass is 9.85. The van der Waals surface area contributed by atoms with Crippen molar-refractivity contribution in [3.05, 3.63) is 109 Å². The van der Waals surface area contributed by atoms with Crippen LogP contribution in [0.2, 0.25) is 0 Å². The van der Waals surface area contributed by atoms with E-state index < -0.39 is 75.7 Å². The largest absolute Gasteiger partial charge is 0.472 e. The van der Waals surface area contributed by atoms with Gasteiger partial charge in [0.2, 0.25) is 0 Å². The van der Waals surface area contributed by atoms with Gasteiger partial charge < -0.3 is 39.9 Å². The number of unbranched alkanes of at least 4 members (excludes halogenated alkanes) is 2. The molecule has 14 heteroatoms. The van der Waals surface area contributed by atoms with E-state index in [1.165, 1.54) is 0 Å². The van der Waals surface area contributed by atoms with Gasteiger partial charge in [-0.25, -0.2) is 4.57 Å². The number of aliphatic hydroxyl groups is 5. The van der Waals surface area contributed by atoms with Crippen LogP contribution in [0.5, 0.6) is 0 Å². The lowest BCUT2D eigenvalue weighted by Crippen LogP contribution is -2.64. The molecule has 0 amide bonds. The topological polar surface area (TPSA) is 210 Å². The number of ether oxygens (including phenoxy) is 2. The van der Waals surface area contributed by atoms with Gasteiger partial charge in [0.15, 0.2) is 6.10 Å². The molecule has 0 aliphatic heterocycles. The standard InChI is InChI=1S/C45H69O13P/c1-3-5-7-9-11-13-15-17-19-21-23-25-27-29-31-33-38(46)55-35-37(36-56-59(53,54)58-45-43(51)41(49)40(48)42(50)44(45)52)57-39(47)34-32-30-28-26-24-22-20-18-16-14-12-10-8-6-4-2/h5-8,11-14,17-20,23-26,30,32,37,40-45,48-52H,3-4,9-10,15-16,21-22,27-29,31,33-36H2,1-2H3,(H,53,54)/b7-5-,8-6-,13-11-,14-12-,19-17-,20-18-,25-23-,26-24-,32-30-. The van der Waals surface area contributed by atoms with Crippen LogP contribution in [0.1, 0.15) is 104 Å². The van der Waals surface area contributed by atoms with Gasteiger partial charge in [0.25, 0.3) is 0 Å². The molecule has 1 aliphatic carbocycles. The average molecular weight is 849 g/mol. The normalized spacial score (nSPS) is 23.5. The van der Waals surface area contributed by atoms with Gasteiger partial charge in [-0.05, 0) is 77.0 Å². The van der Waals surface area contributed by atoms with E-state index in [0.717, 1.165) is 64.2 Å². The van der Waals surface area contributed by atoms with Gasteiger partial charge in [-0.3, -0.25) is 18.6 Å². The lowest BCUT2D eigenvalue weighted by molar-refractivity contribution is -0.220. The van der Waals surface area contributed by atoms with Crippen molar-refractivity contribution < 1.29 is 63.1 Å². The van der Waals surface area contributed by atoms with Crippen molar-refractivity contribution in [2.45, 2.75) is 146 Å². The van der Waals surface area contributed by atoms with Crippen molar-refractivity contribution in [2.24, 2.45) is 0 Å². The van der Waals surface area contributed by atoms with Crippen molar-refractivity contribution in [3.63, 3.8) is 0 Å². The van der Waals surface area contributed by atoms with Crippen LogP contribution in [-0.2, 0) is 32.7 Å². The molecule has 1 fully saturated rings. The highest BCUT2D eigenvalue weighted by atomic mass is 31.2. The van der Waals surface area contributed by atoms with Gasteiger partial charge in [-0.15, -0.1) is 0 Å². The Morgan fingerprint density at radius 2 is 0.949 bits per heavy atom. The number of hydrogen-bond donors (Lipinski definition) is 6. The predicted octanol–water partition coefficient (Wildman–Crippen LogP) is 7.27. The van der Waals surface area contributed by atoms with Crippen LogP contribution in [0.3, 0.4) is 0 Å². The summed E-state index contributed by atoms with van der Waals surface area (Å²) in [5, 5.41) is 50.0. The van der Waals surface area contributed by atoms with E-state index in [2.05, 4.69) is 98.9 Å². The van der Waals surface area contributed by atoms with Gasteiger partial charge in [0, 0.05) is 6.42 Å². The number of hydrogen-bond acceptors (Lipinski definition) is 12. The summed E-state index contributed by atoms with van der Waals surface area (Å²) >= 11 is 0. The highest BCUT2D eigenvalue weighted by Crippen LogP contribution is 2.47. The fraction of sp³-hybridized carbons (Fsp3) is 0.556. The summed E-state index contributed by atoms with van der Waals surface area (Å²) in [5.41, 5.74) is 0. The van der Waals surface area contributed by atoms with Crippen LogP contribution in [0.25, 0.3) is 0 Å². The third-order valence-corrected chi connectivity index (χ3v) is 9.63. The second kappa shape index (κ2) is 34.2. The third-order valence-electron chi connectivity index (χ3n) is 8.64. The second-order valence-corrected chi connectivity index (χ2v) is 15.1. The van der Waals surface area contributed by atoms with Crippen LogP contribution in [0.15, 0.2) is 109 Å². The molecule has 0 radical (unpaired) electrons. The summed E-state index contributed by atoms with van der Waals surface area (Å²) in [4.78, 5) is 35.5. The predicted molar refractivity (Wildman–Crippen MR) is 230 cm³/mol. The molecular weight excluding hydrogens is 779 g/mol. The Kier molecular flexibility index (Phi) is 31.1. The smallest absolute Gasteiger partial charge is 0.462 e. The Bertz CT molecular complexity index is 1440. The first kappa shape index (κ1) is 53.5. The van der Waals surface area contributed by atoms with Gasteiger partial charge in [-0.1, -0.05) is 123 Å². The minimum Gasteiger partial charge on any atom is -0.462 e. The minimum absolute atomic E-state index is 0.0879. The first-order valence-corrected chi connectivity index (χ1v) is 22.2. The molecule has 6 N–H and O–H groups in total. The van der Waals surface area contributed by atoms with Gasteiger partial charge in [0.1, 0.15) is 43.2 Å². The zero-order valence-corrected chi connectivity index (χ0v) is 35.6. The molecule has 0 saturated heterocycles. The molecule has 0 bridgehead atoms. The fourth-order valence-corrected chi connectivity index (χ4v) is 6.32. The van der Waals surface area contributed by atoms with E-state index in [9.17, 15) is 44.6 Å². The third kappa shape index (κ3) is 27.1. The van der Waals surface area contributed by atoms with E-state index in [-0.39, 0.29) is 12.8 Å². The summed E-state index contributed by atoms with van der Waals surface area (Å²) in [7, 11) is -5.16.